The van der Waals surface area contributed by atoms with Crippen LogP contribution in [-0.4, -0.2) is 54.4 Å². The number of anilines is 1. The van der Waals surface area contributed by atoms with Crippen LogP contribution in [0, 0.1) is 11.8 Å². The Bertz CT molecular complexity index is 1090. The Morgan fingerprint density at radius 1 is 1.28 bits per heavy atom. The van der Waals surface area contributed by atoms with Gasteiger partial charge < -0.3 is 19.5 Å². The van der Waals surface area contributed by atoms with E-state index in [1.807, 2.05) is 35.8 Å². The van der Waals surface area contributed by atoms with Gasteiger partial charge in [-0.25, -0.2) is 14.4 Å². The van der Waals surface area contributed by atoms with Gasteiger partial charge in [-0.1, -0.05) is 30.0 Å². The maximum atomic E-state index is 15.3. The van der Waals surface area contributed by atoms with Crippen LogP contribution in [0.5, 0.6) is 0 Å². The lowest BCUT2D eigenvalue weighted by atomic mass is 9.98. The number of aromatic nitrogens is 3. The molecule has 0 amide bonds. The van der Waals surface area contributed by atoms with Crippen molar-refractivity contribution >= 4 is 16.9 Å². The lowest BCUT2D eigenvalue weighted by molar-refractivity contribution is -0.0564. The highest BCUT2D eigenvalue weighted by molar-refractivity contribution is 5.93. The van der Waals surface area contributed by atoms with Gasteiger partial charge in [-0.15, -0.1) is 0 Å². The fourth-order valence-corrected chi connectivity index (χ4v) is 3.47. The minimum absolute atomic E-state index is 0.101. The van der Waals surface area contributed by atoms with E-state index in [0.717, 1.165) is 5.56 Å². The predicted molar refractivity (Wildman–Crippen MR) is 102 cm³/mol. The summed E-state index contributed by atoms with van der Waals surface area (Å²) < 4.78 is 22.3. The monoisotopic (exact) mass is 398 g/mol. The second-order valence-electron chi connectivity index (χ2n) is 6.90. The number of nitrogens with zero attached hydrogens (tertiary/aromatic N) is 3. The number of benzene rings is 1. The van der Waals surface area contributed by atoms with Crippen molar-refractivity contribution in [1.29, 1.82) is 0 Å². The number of hydrogen-bond donors (Lipinski definition) is 4. The van der Waals surface area contributed by atoms with E-state index in [2.05, 4.69) is 21.8 Å². The molecule has 0 aliphatic carbocycles. The molecule has 3 aromatic rings. The smallest absolute Gasteiger partial charge is 0.181 e. The van der Waals surface area contributed by atoms with Gasteiger partial charge in [0.1, 0.15) is 24.2 Å². The van der Waals surface area contributed by atoms with E-state index >= 15 is 4.39 Å². The zero-order chi connectivity index (χ0) is 20.6. The zero-order valence-electron chi connectivity index (χ0n) is 15.5. The predicted octanol–water partition coefficient (Wildman–Crippen LogP) is 1.61. The van der Waals surface area contributed by atoms with Crippen molar-refractivity contribution in [3.05, 3.63) is 54.0 Å². The van der Waals surface area contributed by atoms with Gasteiger partial charge in [0.15, 0.2) is 17.7 Å². The first-order valence-electron chi connectivity index (χ1n) is 8.93. The topological polar surface area (TPSA) is 113 Å². The van der Waals surface area contributed by atoms with Gasteiger partial charge in [0.25, 0.3) is 0 Å². The van der Waals surface area contributed by atoms with Crippen molar-refractivity contribution in [2.24, 2.45) is 0 Å². The van der Waals surface area contributed by atoms with E-state index in [1.165, 1.54) is 24.0 Å². The fraction of sp³-hybridized carbons (Fsp3) is 0.300. The van der Waals surface area contributed by atoms with E-state index in [0.29, 0.717) is 10.9 Å². The first-order chi connectivity index (χ1) is 14.0. The number of aliphatic hydroxyl groups is 2. The van der Waals surface area contributed by atoms with E-state index in [9.17, 15) is 15.4 Å². The molecular weight excluding hydrogens is 379 g/mol. The van der Waals surface area contributed by atoms with Crippen LogP contribution in [-0.2, 0) is 4.74 Å². The molecule has 0 radical (unpaired) electrons. The molecule has 2 aromatic heterocycles. The molecule has 2 unspecified atom stereocenters. The molecule has 0 bridgehead atoms. The maximum absolute atomic E-state index is 15.3. The molecule has 29 heavy (non-hydrogen) atoms. The minimum Gasteiger partial charge on any atom is -0.394 e. The van der Waals surface area contributed by atoms with Crippen molar-refractivity contribution in [2.45, 2.75) is 31.0 Å². The van der Waals surface area contributed by atoms with Crippen LogP contribution in [0.4, 0.5) is 10.2 Å². The lowest BCUT2D eigenvalue weighted by Crippen LogP contribution is -2.40. The average molecular weight is 398 g/mol. The highest BCUT2D eigenvalue weighted by Gasteiger charge is 2.55. The average Bonchev–Trinajstić information content (AvgIpc) is 3.21. The molecule has 0 saturated carbocycles. The van der Waals surface area contributed by atoms with Gasteiger partial charge in [0, 0.05) is 11.8 Å². The molecule has 4 N–H and O–H groups in total. The molecule has 8 nitrogen and oxygen atoms in total. The molecule has 4 atom stereocenters. The second-order valence-corrected chi connectivity index (χ2v) is 6.90. The van der Waals surface area contributed by atoms with Gasteiger partial charge in [-0.3, -0.25) is 10.7 Å². The number of hydrogen-bond acceptors (Lipinski definition) is 7. The molecule has 1 saturated heterocycles. The van der Waals surface area contributed by atoms with Gasteiger partial charge in [-0.05, 0) is 19.1 Å². The number of alkyl halides is 1. The number of nitrogens with one attached hydrogen (secondary N) is 1. The first-order valence-corrected chi connectivity index (χ1v) is 8.93. The Kier molecular flexibility index (Phi) is 4.94. The third-order valence-electron chi connectivity index (χ3n) is 4.98. The maximum Gasteiger partial charge on any atom is 0.181 e. The third-order valence-corrected chi connectivity index (χ3v) is 4.98. The Labute approximate surface area is 165 Å². The number of fused-ring (bicyclic) bond motifs is 1. The normalized spacial score (nSPS) is 26.3. The van der Waals surface area contributed by atoms with Gasteiger partial charge in [-0.2, -0.15) is 0 Å². The third kappa shape index (κ3) is 3.22. The van der Waals surface area contributed by atoms with Crippen LogP contribution in [0.15, 0.2) is 42.9 Å². The van der Waals surface area contributed by atoms with Crippen LogP contribution < -0.4 is 5.48 Å². The highest BCUT2D eigenvalue weighted by atomic mass is 19.1. The summed E-state index contributed by atoms with van der Waals surface area (Å²) in [5, 5.41) is 29.4. The molecule has 4 rings (SSSR count). The van der Waals surface area contributed by atoms with Crippen molar-refractivity contribution in [3.63, 3.8) is 0 Å². The first kappa shape index (κ1) is 19.3. The number of halogens is 1. The molecule has 9 heteroatoms. The molecular formula is C20H19FN4O4. The molecule has 0 spiro atoms. The standard InChI is InChI=1S/C20H19FN4O4/c1-20(21)16(27)14(10-26)29-19(20)25-9-13(8-7-12-5-3-2-4-6-12)15-17(24-28)22-11-23-18(15)25/h2-6,9,11,14,16,19,26-28H,10H2,1H3,(H,22,23,24)/t14?,16?,19-,20-/m1/s1. The summed E-state index contributed by atoms with van der Waals surface area (Å²) in [5.41, 5.74) is 1.27. The van der Waals surface area contributed by atoms with E-state index in [-0.39, 0.29) is 11.5 Å². The van der Waals surface area contributed by atoms with Gasteiger partial charge >= 0.3 is 0 Å². The highest BCUT2D eigenvalue weighted by Crippen LogP contribution is 2.43. The van der Waals surface area contributed by atoms with Crippen molar-refractivity contribution in [2.75, 3.05) is 12.1 Å². The molecule has 1 aliphatic heterocycles. The Morgan fingerprint density at radius 3 is 2.69 bits per heavy atom. The summed E-state index contributed by atoms with van der Waals surface area (Å²) in [4.78, 5) is 8.18. The quantitative estimate of drug-likeness (QED) is 0.392. The van der Waals surface area contributed by atoms with Gasteiger partial charge in [0.2, 0.25) is 0 Å². The van der Waals surface area contributed by atoms with Crippen LogP contribution in [0.2, 0.25) is 0 Å². The minimum atomic E-state index is -2.19. The number of rotatable bonds is 3. The second kappa shape index (κ2) is 7.42. The Balaban J connectivity index is 1.88. The number of ether oxygens (including phenoxy) is 1. The van der Waals surface area contributed by atoms with E-state index < -0.39 is 30.7 Å². The molecule has 150 valence electrons. The van der Waals surface area contributed by atoms with Crippen LogP contribution >= 0.6 is 0 Å². The van der Waals surface area contributed by atoms with Crippen molar-refractivity contribution in [3.8, 4) is 11.8 Å². The summed E-state index contributed by atoms with van der Waals surface area (Å²) >= 11 is 0. The molecule has 1 fully saturated rings. The van der Waals surface area contributed by atoms with E-state index in [4.69, 9.17) is 4.74 Å². The number of aliphatic hydroxyl groups excluding tert-OH is 2. The van der Waals surface area contributed by atoms with Crippen molar-refractivity contribution < 1.29 is 24.5 Å². The summed E-state index contributed by atoms with van der Waals surface area (Å²) in [6.45, 7) is 0.668. The summed E-state index contributed by atoms with van der Waals surface area (Å²) in [7, 11) is 0. The van der Waals surface area contributed by atoms with Crippen LogP contribution in [0.25, 0.3) is 11.0 Å². The van der Waals surface area contributed by atoms with Crippen molar-refractivity contribution in [1.82, 2.24) is 14.5 Å². The summed E-state index contributed by atoms with van der Waals surface area (Å²) in [5.74, 6) is 6.10. The molecule has 1 aliphatic rings. The Morgan fingerprint density at radius 2 is 2.03 bits per heavy atom. The van der Waals surface area contributed by atoms with E-state index in [1.54, 1.807) is 0 Å². The van der Waals surface area contributed by atoms with Crippen LogP contribution in [0.1, 0.15) is 24.3 Å². The van der Waals surface area contributed by atoms with Gasteiger partial charge in [0.05, 0.1) is 17.6 Å². The fourth-order valence-electron chi connectivity index (χ4n) is 3.47. The molecule has 1 aromatic carbocycles. The SMILES string of the molecule is C[C@@]1(F)C(O)C(CO)O[C@H]1n1cc(C#Cc2ccccc2)c2c(NO)ncnc21. The molecule has 3 heterocycles. The summed E-state index contributed by atoms with van der Waals surface area (Å²) in [6.07, 6.45) is -1.12. The zero-order valence-corrected chi connectivity index (χ0v) is 15.5. The summed E-state index contributed by atoms with van der Waals surface area (Å²) in [6, 6.07) is 9.27. The lowest BCUT2D eigenvalue weighted by Gasteiger charge is -2.25. The Hall–Kier alpha value is -3.03. The largest absolute Gasteiger partial charge is 0.394 e. The van der Waals surface area contributed by atoms with Crippen LogP contribution in [0.3, 0.4) is 0 Å².